The summed E-state index contributed by atoms with van der Waals surface area (Å²) < 4.78 is 15.2. The van der Waals surface area contributed by atoms with Crippen LogP contribution in [0.15, 0.2) is 30.9 Å². The number of nitrogens with one attached hydrogen (secondary N) is 2. The molecule has 1 aromatic carbocycles. The third-order valence-electron chi connectivity index (χ3n) is 3.03. The maximum absolute atomic E-state index is 13.9. The minimum absolute atomic E-state index is 0.0296. The number of halogens is 1. The molecule has 7 heteroatoms. The summed E-state index contributed by atoms with van der Waals surface area (Å²) in [6, 6.07) is 4.48. The second-order valence-electron chi connectivity index (χ2n) is 4.35. The number of carbonyl (C=O) groups excluding carboxylic acids is 1. The van der Waals surface area contributed by atoms with Gasteiger partial charge in [-0.25, -0.2) is 14.1 Å². The van der Waals surface area contributed by atoms with Gasteiger partial charge in [0.15, 0.2) is 5.82 Å². The van der Waals surface area contributed by atoms with Gasteiger partial charge in [-0.3, -0.25) is 4.79 Å². The maximum atomic E-state index is 13.9. The molecule has 2 heterocycles. The van der Waals surface area contributed by atoms with Crippen molar-refractivity contribution in [2.45, 2.75) is 0 Å². The molecule has 0 atom stereocenters. The normalized spacial score (nSPS) is 15.0. The topological polar surface area (TPSA) is 71.8 Å². The highest BCUT2D eigenvalue weighted by Gasteiger charge is 2.24. The molecule has 0 saturated carbocycles. The summed E-state index contributed by atoms with van der Waals surface area (Å²) in [7, 11) is 0. The van der Waals surface area contributed by atoms with Crippen LogP contribution in [0, 0.1) is 11.7 Å². The molecule has 3 rings (SSSR count). The molecule has 6 nitrogen and oxygen atoms in total. The minimum Gasteiger partial charge on any atom is -0.326 e. The summed E-state index contributed by atoms with van der Waals surface area (Å²) in [6.45, 7) is 1.34. The zero-order chi connectivity index (χ0) is 13.2. The van der Waals surface area contributed by atoms with Gasteiger partial charge in [-0.05, 0) is 18.2 Å². The van der Waals surface area contributed by atoms with Crippen LogP contribution in [-0.2, 0) is 4.79 Å². The number of aromatic nitrogens is 3. The molecular formula is C12H12FN5O. The molecule has 2 aromatic rings. The van der Waals surface area contributed by atoms with Crippen LogP contribution < -0.4 is 10.6 Å². The van der Waals surface area contributed by atoms with E-state index in [0.717, 1.165) is 0 Å². The van der Waals surface area contributed by atoms with Gasteiger partial charge < -0.3 is 10.6 Å². The molecule has 19 heavy (non-hydrogen) atoms. The SMILES string of the molecule is O=C(Nc1ccc(-n2cncn2)c(F)c1)C1CNC1. The van der Waals surface area contributed by atoms with E-state index < -0.39 is 5.82 Å². The standard InChI is InChI=1S/C12H12FN5O/c13-10-3-9(17-12(19)8-4-14-5-8)1-2-11(10)18-7-15-6-16-18/h1-3,6-8,14H,4-5H2,(H,17,19). The summed E-state index contributed by atoms with van der Waals surface area (Å²) in [5.41, 5.74) is 0.735. The van der Waals surface area contributed by atoms with E-state index in [2.05, 4.69) is 20.7 Å². The number of hydrogen-bond donors (Lipinski definition) is 2. The van der Waals surface area contributed by atoms with Crippen LogP contribution in [0.4, 0.5) is 10.1 Å². The van der Waals surface area contributed by atoms with Crippen molar-refractivity contribution in [3.05, 3.63) is 36.7 Å². The fourth-order valence-corrected chi connectivity index (χ4v) is 1.82. The lowest BCUT2D eigenvalue weighted by Gasteiger charge is -2.25. The first-order valence-corrected chi connectivity index (χ1v) is 5.90. The Morgan fingerprint density at radius 3 is 2.89 bits per heavy atom. The predicted octanol–water partition coefficient (Wildman–Crippen LogP) is 0.564. The molecule has 1 saturated heterocycles. The molecule has 0 unspecified atom stereocenters. The van der Waals surface area contributed by atoms with Crippen LogP contribution in [0.2, 0.25) is 0 Å². The Bertz CT molecular complexity index is 594. The summed E-state index contributed by atoms with van der Waals surface area (Å²) in [5, 5.41) is 9.56. The molecule has 98 valence electrons. The van der Waals surface area contributed by atoms with Gasteiger partial charge in [-0.15, -0.1) is 0 Å². The molecule has 0 spiro atoms. The molecule has 2 N–H and O–H groups in total. The van der Waals surface area contributed by atoms with E-state index in [1.165, 1.54) is 23.4 Å². The van der Waals surface area contributed by atoms with Gasteiger partial charge in [-0.1, -0.05) is 0 Å². The number of rotatable bonds is 3. The van der Waals surface area contributed by atoms with Crippen LogP contribution in [0.5, 0.6) is 0 Å². The van der Waals surface area contributed by atoms with Gasteiger partial charge in [0.25, 0.3) is 0 Å². The van der Waals surface area contributed by atoms with Crippen LogP contribution in [0.3, 0.4) is 0 Å². The van der Waals surface area contributed by atoms with E-state index in [1.807, 2.05) is 0 Å². The van der Waals surface area contributed by atoms with Crippen LogP contribution in [0.25, 0.3) is 5.69 Å². The Morgan fingerprint density at radius 1 is 1.47 bits per heavy atom. The molecule has 0 radical (unpaired) electrons. The van der Waals surface area contributed by atoms with Crippen LogP contribution in [-0.4, -0.2) is 33.8 Å². The quantitative estimate of drug-likeness (QED) is 0.847. The molecule has 1 fully saturated rings. The van der Waals surface area contributed by atoms with Crippen molar-refractivity contribution in [2.24, 2.45) is 5.92 Å². The monoisotopic (exact) mass is 261 g/mol. The molecule has 1 aliphatic rings. The average molecular weight is 261 g/mol. The number of hydrogen-bond acceptors (Lipinski definition) is 4. The van der Waals surface area contributed by atoms with Crippen molar-refractivity contribution < 1.29 is 9.18 Å². The number of benzene rings is 1. The van der Waals surface area contributed by atoms with Crippen molar-refractivity contribution in [1.82, 2.24) is 20.1 Å². The summed E-state index contributed by atoms with van der Waals surface area (Å²) in [4.78, 5) is 15.5. The van der Waals surface area contributed by atoms with Gasteiger partial charge in [0.1, 0.15) is 18.3 Å². The van der Waals surface area contributed by atoms with E-state index in [0.29, 0.717) is 24.5 Å². The third kappa shape index (κ3) is 2.32. The van der Waals surface area contributed by atoms with Gasteiger partial charge in [0.05, 0.1) is 5.92 Å². The Morgan fingerprint density at radius 2 is 2.32 bits per heavy atom. The zero-order valence-corrected chi connectivity index (χ0v) is 10.0. The lowest BCUT2D eigenvalue weighted by atomic mass is 10.0. The maximum Gasteiger partial charge on any atom is 0.230 e. The molecule has 1 aromatic heterocycles. The predicted molar refractivity (Wildman–Crippen MR) is 66.3 cm³/mol. The van der Waals surface area contributed by atoms with Gasteiger partial charge >= 0.3 is 0 Å². The Labute approximate surface area is 108 Å². The molecule has 0 bridgehead atoms. The number of carbonyl (C=O) groups is 1. The van der Waals surface area contributed by atoms with Crippen molar-refractivity contribution in [2.75, 3.05) is 18.4 Å². The Hall–Kier alpha value is -2.28. The van der Waals surface area contributed by atoms with E-state index in [4.69, 9.17) is 0 Å². The van der Waals surface area contributed by atoms with E-state index in [-0.39, 0.29) is 11.8 Å². The number of amides is 1. The fourth-order valence-electron chi connectivity index (χ4n) is 1.82. The lowest BCUT2D eigenvalue weighted by molar-refractivity contribution is -0.121. The number of nitrogens with zero attached hydrogens (tertiary/aromatic N) is 3. The van der Waals surface area contributed by atoms with Crippen molar-refractivity contribution in [3.63, 3.8) is 0 Å². The van der Waals surface area contributed by atoms with Crippen LogP contribution >= 0.6 is 0 Å². The highest BCUT2D eigenvalue weighted by molar-refractivity contribution is 5.93. The summed E-state index contributed by atoms with van der Waals surface area (Å²) in [5.74, 6) is -0.584. The van der Waals surface area contributed by atoms with Crippen LogP contribution in [0.1, 0.15) is 0 Å². The Balaban J connectivity index is 1.77. The average Bonchev–Trinajstić information content (AvgIpc) is 2.79. The van der Waals surface area contributed by atoms with Gasteiger partial charge in [0.2, 0.25) is 5.91 Å². The highest BCUT2D eigenvalue weighted by atomic mass is 19.1. The lowest BCUT2D eigenvalue weighted by Crippen LogP contribution is -2.48. The first-order chi connectivity index (χ1) is 9.24. The second-order valence-corrected chi connectivity index (χ2v) is 4.35. The molecule has 0 aliphatic carbocycles. The number of anilines is 1. The first kappa shape index (κ1) is 11.8. The van der Waals surface area contributed by atoms with E-state index >= 15 is 0 Å². The van der Waals surface area contributed by atoms with Gasteiger partial charge in [-0.2, -0.15) is 5.10 Å². The van der Waals surface area contributed by atoms with Crippen molar-refractivity contribution in [3.8, 4) is 5.69 Å². The summed E-state index contributed by atoms with van der Waals surface area (Å²) >= 11 is 0. The molecule has 1 aliphatic heterocycles. The summed E-state index contributed by atoms with van der Waals surface area (Å²) in [6.07, 6.45) is 2.75. The van der Waals surface area contributed by atoms with Gasteiger partial charge in [0, 0.05) is 18.8 Å². The van der Waals surface area contributed by atoms with Crippen molar-refractivity contribution >= 4 is 11.6 Å². The smallest absolute Gasteiger partial charge is 0.230 e. The second kappa shape index (κ2) is 4.77. The first-order valence-electron chi connectivity index (χ1n) is 5.90. The van der Waals surface area contributed by atoms with E-state index in [1.54, 1.807) is 12.1 Å². The largest absolute Gasteiger partial charge is 0.326 e. The zero-order valence-electron chi connectivity index (χ0n) is 10.0. The molecule has 1 amide bonds. The highest BCUT2D eigenvalue weighted by Crippen LogP contribution is 2.18. The Kier molecular flexibility index (Phi) is 2.96. The fraction of sp³-hybridized carbons (Fsp3) is 0.250. The third-order valence-corrected chi connectivity index (χ3v) is 3.03. The molecular weight excluding hydrogens is 249 g/mol. The van der Waals surface area contributed by atoms with Crippen molar-refractivity contribution in [1.29, 1.82) is 0 Å². The minimum atomic E-state index is -0.463. The van der Waals surface area contributed by atoms with E-state index in [9.17, 15) is 9.18 Å².